The highest BCUT2D eigenvalue weighted by Gasteiger charge is 2.38. The quantitative estimate of drug-likeness (QED) is 0.542. The van der Waals surface area contributed by atoms with E-state index in [1.54, 1.807) is 26.8 Å². The maximum Gasteiger partial charge on any atom is 0.323 e. The first kappa shape index (κ1) is 18.9. The largest absolute Gasteiger partial charge is 0.506 e. The van der Waals surface area contributed by atoms with Gasteiger partial charge in [0.1, 0.15) is 5.75 Å². The number of aromatic nitrogens is 1. The molecule has 1 aromatic heterocycles. The Kier molecular flexibility index (Phi) is 8.04. The Morgan fingerprint density at radius 1 is 1.09 bits per heavy atom. The molecule has 128 valence electrons. The van der Waals surface area contributed by atoms with Crippen molar-refractivity contribution in [3.8, 4) is 5.75 Å². The first-order valence-corrected chi connectivity index (χ1v) is 7.62. The Morgan fingerprint density at radius 3 is 2.13 bits per heavy atom. The van der Waals surface area contributed by atoms with E-state index in [1.807, 2.05) is 0 Å². The lowest BCUT2D eigenvalue weighted by Crippen LogP contribution is -2.40. The van der Waals surface area contributed by atoms with Crippen LogP contribution in [-0.2, 0) is 30.2 Å². The van der Waals surface area contributed by atoms with E-state index < -0.39 is 24.0 Å². The molecule has 0 amide bonds. The summed E-state index contributed by atoms with van der Waals surface area (Å²) in [6.45, 7) is 5.73. The van der Waals surface area contributed by atoms with E-state index in [2.05, 4.69) is 4.98 Å². The van der Waals surface area contributed by atoms with Crippen LogP contribution in [0.1, 0.15) is 26.5 Å². The molecule has 1 aromatic rings. The number of carbonyl (C=O) groups is 2. The lowest BCUT2D eigenvalue weighted by atomic mass is 9.97. The Bertz CT molecular complexity index is 484. The number of ether oxygens (including phenoxy) is 3. The van der Waals surface area contributed by atoms with Crippen LogP contribution in [0.2, 0.25) is 0 Å². The van der Waals surface area contributed by atoms with Crippen molar-refractivity contribution >= 4 is 11.9 Å². The molecule has 23 heavy (non-hydrogen) atoms. The Morgan fingerprint density at radius 2 is 1.70 bits per heavy atom. The third kappa shape index (κ3) is 5.86. The van der Waals surface area contributed by atoms with E-state index >= 15 is 0 Å². The number of aromatic hydroxyl groups is 1. The number of hydrogen-bond donors (Lipinski definition) is 1. The van der Waals surface area contributed by atoms with Gasteiger partial charge in [0.15, 0.2) is 5.92 Å². The van der Waals surface area contributed by atoms with Crippen LogP contribution in [0.5, 0.6) is 5.75 Å². The zero-order valence-electron chi connectivity index (χ0n) is 13.7. The monoisotopic (exact) mass is 325 g/mol. The maximum atomic E-state index is 12.2. The van der Waals surface area contributed by atoms with Gasteiger partial charge in [-0.3, -0.25) is 14.6 Å². The molecule has 0 fully saturated rings. The molecular weight excluding hydrogens is 302 g/mol. The maximum absolute atomic E-state index is 12.2. The second-order valence-electron chi connectivity index (χ2n) is 4.69. The van der Waals surface area contributed by atoms with E-state index in [0.717, 1.165) is 0 Å². The first-order valence-electron chi connectivity index (χ1n) is 7.62. The molecule has 7 nitrogen and oxygen atoms in total. The molecular formula is C16H23NO6. The van der Waals surface area contributed by atoms with Gasteiger partial charge in [-0.15, -0.1) is 0 Å². The van der Waals surface area contributed by atoms with Gasteiger partial charge in [-0.2, -0.15) is 0 Å². The lowest BCUT2D eigenvalue weighted by molar-refractivity contribution is -0.169. The zero-order valence-corrected chi connectivity index (χ0v) is 13.7. The fourth-order valence-electron chi connectivity index (χ4n) is 2.09. The molecule has 7 heteroatoms. The van der Waals surface area contributed by atoms with E-state index in [1.165, 1.54) is 12.3 Å². The summed E-state index contributed by atoms with van der Waals surface area (Å²) in [6, 6.07) is 3.09. The number of nitrogens with zero attached hydrogens (tertiary/aromatic N) is 1. The highest BCUT2D eigenvalue weighted by molar-refractivity contribution is 5.95. The average molecular weight is 325 g/mol. The summed E-state index contributed by atoms with van der Waals surface area (Å²) in [5.41, 5.74) is 0.583. The topological polar surface area (TPSA) is 95.0 Å². The first-order chi connectivity index (χ1) is 11.0. The van der Waals surface area contributed by atoms with Crippen molar-refractivity contribution in [1.82, 2.24) is 4.98 Å². The summed E-state index contributed by atoms with van der Waals surface area (Å²) in [5, 5.41) is 9.28. The second kappa shape index (κ2) is 9.78. The van der Waals surface area contributed by atoms with Crippen LogP contribution in [0.15, 0.2) is 18.3 Å². The third-order valence-electron chi connectivity index (χ3n) is 3.05. The van der Waals surface area contributed by atoms with Crippen molar-refractivity contribution in [3.63, 3.8) is 0 Å². The normalized spacial score (nSPS) is 12.0. The van der Waals surface area contributed by atoms with Gasteiger partial charge < -0.3 is 19.3 Å². The average Bonchev–Trinajstić information content (AvgIpc) is 2.50. The third-order valence-corrected chi connectivity index (χ3v) is 3.05. The van der Waals surface area contributed by atoms with E-state index in [4.69, 9.17) is 14.2 Å². The molecule has 1 unspecified atom stereocenters. The molecule has 0 spiro atoms. The predicted octanol–water partition coefficient (Wildman–Crippen LogP) is 1.48. The summed E-state index contributed by atoms with van der Waals surface area (Å²) in [6.07, 6.45) is 0.758. The summed E-state index contributed by atoms with van der Waals surface area (Å²) >= 11 is 0. The van der Waals surface area contributed by atoms with Crippen LogP contribution in [0.3, 0.4) is 0 Å². The van der Waals surface area contributed by atoms with Crippen LogP contribution in [0.25, 0.3) is 0 Å². The Hall–Kier alpha value is -2.15. The van der Waals surface area contributed by atoms with Gasteiger partial charge in [0.2, 0.25) is 0 Å². The van der Waals surface area contributed by atoms with Crippen molar-refractivity contribution in [2.24, 2.45) is 5.92 Å². The SMILES string of the molecule is CCOC(=O)C(C(=O)OCC)C(Cc1ccc(O)cn1)OCC. The van der Waals surface area contributed by atoms with Crippen LogP contribution >= 0.6 is 0 Å². The minimum Gasteiger partial charge on any atom is -0.506 e. The zero-order chi connectivity index (χ0) is 17.2. The van der Waals surface area contributed by atoms with Gasteiger partial charge in [0, 0.05) is 18.7 Å². The highest BCUT2D eigenvalue weighted by atomic mass is 16.6. The summed E-state index contributed by atoms with van der Waals surface area (Å²) < 4.78 is 15.5. The molecule has 0 saturated heterocycles. The number of rotatable bonds is 9. The molecule has 0 radical (unpaired) electrons. The summed E-state index contributed by atoms with van der Waals surface area (Å²) in [7, 11) is 0. The van der Waals surface area contributed by atoms with Gasteiger partial charge >= 0.3 is 11.9 Å². The second-order valence-corrected chi connectivity index (χ2v) is 4.69. The molecule has 0 bridgehead atoms. The van der Waals surface area contributed by atoms with Crippen molar-refractivity contribution in [1.29, 1.82) is 0 Å². The number of esters is 2. The van der Waals surface area contributed by atoms with Crippen LogP contribution in [-0.4, -0.2) is 48.0 Å². The Balaban J connectivity index is 3.00. The Labute approximate surface area is 135 Å². The number of hydrogen-bond acceptors (Lipinski definition) is 7. The minimum atomic E-state index is -1.18. The molecule has 0 aliphatic rings. The van der Waals surface area contributed by atoms with Crippen molar-refractivity contribution < 1.29 is 28.9 Å². The summed E-state index contributed by atoms with van der Waals surface area (Å²) in [5.74, 6) is -2.49. The van der Waals surface area contributed by atoms with Gasteiger partial charge in [-0.25, -0.2) is 0 Å². The molecule has 0 aromatic carbocycles. The van der Waals surface area contributed by atoms with Crippen molar-refractivity contribution in [2.45, 2.75) is 33.3 Å². The number of pyridine rings is 1. The lowest BCUT2D eigenvalue weighted by Gasteiger charge is -2.23. The molecule has 1 N–H and O–H groups in total. The van der Waals surface area contributed by atoms with E-state index in [0.29, 0.717) is 12.3 Å². The fraction of sp³-hybridized carbons (Fsp3) is 0.562. The predicted molar refractivity (Wildman–Crippen MR) is 81.8 cm³/mol. The molecule has 1 heterocycles. The minimum absolute atomic E-state index is 0.0362. The molecule has 0 aliphatic carbocycles. The fourth-order valence-corrected chi connectivity index (χ4v) is 2.09. The highest BCUT2D eigenvalue weighted by Crippen LogP contribution is 2.18. The molecule has 1 rings (SSSR count). The molecule has 0 aliphatic heterocycles. The van der Waals surface area contributed by atoms with Gasteiger partial charge in [0.05, 0.1) is 25.5 Å². The standard InChI is InChI=1S/C16H23NO6/c1-4-21-13(9-11-7-8-12(18)10-17-11)14(15(19)22-5-2)16(20)23-6-3/h7-8,10,13-14,18H,4-6,9H2,1-3H3. The van der Waals surface area contributed by atoms with Crippen molar-refractivity contribution in [2.75, 3.05) is 19.8 Å². The van der Waals surface area contributed by atoms with Crippen LogP contribution < -0.4 is 0 Å². The van der Waals surface area contributed by atoms with Gasteiger partial charge in [-0.1, -0.05) is 0 Å². The van der Waals surface area contributed by atoms with E-state index in [-0.39, 0.29) is 25.4 Å². The van der Waals surface area contributed by atoms with Gasteiger partial charge in [0.25, 0.3) is 0 Å². The van der Waals surface area contributed by atoms with Crippen LogP contribution in [0, 0.1) is 5.92 Å². The van der Waals surface area contributed by atoms with Crippen molar-refractivity contribution in [3.05, 3.63) is 24.0 Å². The summed E-state index contributed by atoms with van der Waals surface area (Å²) in [4.78, 5) is 28.4. The van der Waals surface area contributed by atoms with Crippen LogP contribution in [0.4, 0.5) is 0 Å². The molecule has 0 saturated carbocycles. The van der Waals surface area contributed by atoms with Gasteiger partial charge in [-0.05, 0) is 32.9 Å². The number of carbonyl (C=O) groups excluding carboxylic acids is 2. The molecule has 1 atom stereocenters. The smallest absolute Gasteiger partial charge is 0.323 e. The van der Waals surface area contributed by atoms with E-state index in [9.17, 15) is 14.7 Å².